The Morgan fingerprint density at radius 3 is 0.712 bits per heavy atom. The van der Waals surface area contributed by atoms with E-state index in [4.69, 9.17) is 15.0 Å². The van der Waals surface area contributed by atoms with E-state index in [1.54, 1.807) is 0 Å². The summed E-state index contributed by atoms with van der Waals surface area (Å²) in [5.74, 6) is 0. The molecule has 0 atom stereocenters. The van der Waals surface area contributed by atoms with E-state index in [-0.39, 0.29) is 0 Å². The second kappa shape index (κ2) is 16.5. The van der Waals surface area contributed by atoms with Gasteiger partial charge in [-0.2, -0.15) is 0 Å². The number of nitrogens with zero attached hydrogens (tertiary/aromatic N) is 7. The molecule has 260 valence electrons. The topological polar surface area (TPSA) is 50.0 Å². The normalized spacial score (nSPS) is 11.4. The van der Waals surface area contributed by atoms with E-state index in [0.29, 0.717) is 0 Å². The van der Waals surface area contributed by atoms with Crippen molar-refractivity contribution in [2.45, 2.75) is 0 Å². The van der Waals surface area contributed by atoms with Crippen LogP contribution in [0, 0.1) is 0 Å². The van der Waals surface area contributed by atoms with E-state index in [2.05, 4.69) is 129 Å². The van der Waals surface area contributed by atoms with Crippen LogP contribution < -0.4 is 19.6 Å². The summed E-state index contributed by atoms with van der Waals surface area (Å²) < 4.78 is 0. The Morgan fingerprint density at radius 1 is 0.288 bits per heavy atom. The third-order valence-electron chi connectivity index (χ3n) is 8.64. The molecule has 0 saturated heterocycles. The van der Waals surface area contributed by atoms with Gasteiger partial charge in [0.05, 0.1) is 17.1 Å². The van der Waals surface area contributed by atoms with Crippen LogP contribution in [0.15, 0.2) is 161 Å². The zero-order chi connectivity index (χ0) is 36.5. The first-order chi connectivity index (χ1) is 25.2. The molecule has 0 fully saturated rings. The number of benzene rings is 6. The first-order valence-corrected chi connectivity index (χ1v) is 17.3. The highest BCUT2D eigenvalue weighted by molar-refractivity contribution is 5.87. The predicted octanol–water partition coefficient (Wildman–Crippen LogP) is 10.6. The Kier molecular flexibility index (Phi) is 11.2. The van der Waals surface area contributed by atoms with E-state index < -0.39 is 0 Å². The molecular weight excluding hydrogens is 639 g/mol. The van der Waals surface area contributed by atoms with Crippen LogP contribution in [0.1, 0.15) is 16.7 Å². The van der Waals surface area contributed by atoms with Gasteiger partial charge in [0.15, 0.2) is 0 Å². The summed E-state index contributed by atoms with van der Waals surface area (Å²) in [5, 5.41) is 0. The number of aliphatic imine (C=N–C) groups is 3. The van der Waals surface area contributed by atoms with Gasteiger partial charge in [0.25, 0.3) is 0 Å². The Hall–Kier alpha value is -6.47. The Bertz CT molecular complexity index is 1860. The van der Waals surface area contributed by atoms with Gasteiger partial charge in [-0.3, -0.25) is 15.0 Å². The fourth-order valence-corrected chi connectivity index (χ4v) is 5.53. The molecule has 6 aromatic carbocycles. The molecule has 0 heterocycles. The molecule has 0 aliphatic carbocycles. The van der Waals surface area contributed by atoms with Gasteiger partial charge in [0, 0.05) is 95.1 Å². The van der Waals surface area contributed by atoms with Crippen molar-refractivity contribution in [3.05, 3.63) is 162 Å². The Balaban J connectivity index is 1.24. The summed E-state index contributed by atoms with van der Waals surface area (Å²) in [6.07, 6.45) is 5.72. The lowest BCUT2D eigenvalue weighted by molar-refractivity contribution is 1.13. The van der Waals surface area contributed by atoms with Gasteiger partial charge in [-0.25, -0.2) is 0 Å². The quantitative estimate of drug-likeness (QED) is 0.121. The molecule has 0 amide bonds. The number of hydrogen-bond acceptors (Lipinski definition) is 7. The molecule has 7 heteroatoms. The second-order valence-electron chi connectivity index (χ2n) is 13.1. The second-order valence-corrected chi connectivity index (χ2v) is 13.1. The van der Waals surface area contributed by atoms with Crippen molar-refractivity contribution in [1.29, 1.82) is 0 Å². The SMILES string of the molecule is CN(C)c1ccc(N=Cc2ccc(N(c3ccc(C=Nc4ccc(N(C)C)cc4)cc3)c3ccc(C=Nc4ccc(N(C)C)cc4)cc3)cc2)cc1. The van der Waals surface area contributed by atoms with Crippen LogP contribution in [0.25, 0.3) is 0 Å². The molecular formula is C45H45N7. The highest BCUT2D eigenvalue weighted by atomic mass is 15.1. The summed E-state index contributed by atoms with van der Waals surface area (Å²) in [4.78, 5) is 22.6. The van der Waals surface area contributed by atoms with Crippen LogP contribution in [0.5, 0.6) is 0 Å². The van der Waals surface area contributed by atoms with Crippen molar-refractivity contribution in [3.8, 4) is 0 Å². The van der Waals surface area contributed by atoms with Crippen LogP contribution in [-0.2, 0) is 0 Å². The molecule has 0 unspecified atom stereocenters. The lowest BCUT2D eigenvalue weighted by Gasteiger charge is -2.25. The number of hydrogen-bond donors (Lipinski definition) is 0. The molecule has 0 radical (unpaired) electrons. The van der Waals surface area contributed by atoms with Crippen molar-refractivity contribution in [3.63, 3.8) is 0 Å². The standard InChI is InChI=1S/C45H45N7/c1-49(2)40-25-13-37(14-26-40)46-31-34-7-19-43(20-8-34)52(44-21-9-35(10-22-44)32-47-38-15-27-41(28-16-38)50(3)4)45-23-11-36(12-24-45)33-48-39-17-29-42(30-18-39)51(5)6/h7-33H,1-6H3. The third-order valence-corrected chi connectivity index (χ3v) is 8.64. The van der Waals surface area contributed by atoms with Gasteiger partial charge in [-0.15, -0.1) is 0 Å². The van der Waals surface area contributed by atoms with Crippen LogP contribution in [0.2, 0.25) is 0 Å². The highest BCUT2D eigenvalue weighted by Gasteiger charge is 2.13. The third kappa shape index (κ3) is 9.20. The lowest BCUT2D eigenvalue weighted by atomic mass is 10.1. The fraction of sp³-hybridized carbons (Fsp3) is 0.133. The van der Waals surface area contributed by atoms with Gasteiger partial charge in [0.1, 0.15) is 0 Å². The monoisotopic (exact) mass is 683 g/mol. The highest BCUT2D eigenvalue weighted by Crippen LogP contribution is 2.35. The first-order valence-electron chi connectivity index (χ1n) is 17.3. The van der Waals surface area contributed by atoms with Crippen molar-refractivity contribution >= 4 is 69.8 Å². The van der Waals surface area contributed by atoms with Crippen molar-refractivity contribution in [2.75, 3.05) is 61.9 Å². The minimum atomic E-state index is 0.916. The summed E-state index contributed by atoms with van der Waals surface area (Å²) in [6.45, 7) is 0. The van der Waals surface area contributed by atoms with Crippen LogP contribution >= 0.6 is 0 Å². The number of anilines is 6. The average Bonchev–Trinajstić information content (AvgIpc) is 3.17. The Morgan fingerprint density at radius 2 is 0.500 bits per heavy atom. The van der Waals surface area contributed by atoms with Crippen LogP contribution in [0.4, 0.5) is 51.2 Å². The molecule has 7 nitrogen and oxygen atoms in total. The van der Waals surface area contributed by atoms with Crippen LogP contribution in [0.3, 0.4) is 0 Å². The van der Waals surface area contributed by atoms with Gasteiger partial charge in [-0.1, -0.05) is 36.4 Å². The summed E-state index contributed by atoms with van der Waals surface area (Å²) >= 11 is 0. The number of rotatable bonds is 12. The van der Waals surface area contributed by atoms with Gasteiger partial charge >= 0.3 is 0 Å². The summed E-state index contributed by atoms with van der Waals surface area (Å²) in [5.41, 5.74) is 12.4. The Labute approximate surface area is 308 Å². The first kappa shape index (κ1) is 35.4. The molecule has 0 bridgehead atoms. The van der Waals surface area contributed by atoms with E-state index in [1.807, 2.05) is 97.3 Å². The average molecular weight is 684 g/mol. The summed E-state index contributed by atoms with van der Waals surface area (Å²) in [7, 11) is 12.2. The minimum Gasteiger partial charge on any atom is -0.378 e. The largest absolute Gasteiger partial charge is 0.378 e. The van der Waals surface area contributed by atoms with E-state index in [0.717, 1.165) is 67.9 Å². The minimum absolute atomic E-state index is 0.916. The maximum Gasteiger partial charge on any atom is 0.0631 e. The van der Waals surface area contributed by atoms with Crippen molar-refractivity contribution in [1.82, 2.24) is 0 Å². The zero-order valence-corrected chi connectivity index (χ0v) is 30.7. The lowest BCUT2D eigenvalue weighted by Crippen LogP contribution is -2.10. The smallest absolute Gasteiger partial charge is 0.0631 e. The van der Waals surface area contributed by atoms with Gasteiger partial charge in [0.2, 0.25) is 0 Å². The molecule has 0 aliphatic heterocycles. The predicted molar refractivity (Wildman–Crippen MR) is 225 cm³/mol. The van der Waals surface area contributed by atoms with Crippen molar-refractivity contribution in [2.24, 2.45) is 15.0 Å². The van der Waals surface area contributed by atoms with Gasteiger partial charge < -0.3 is 19.6 Å². The van der Waals surface area contributed by atoms with E-state index in [9.17, 15) is 0 Å². The van der Waals surface area contributed by atoms with E-state index >= 15 is 0 Å². The van der Waals surface area contributed by atoms with E-state index in [1.165, 1.54) is 0 Å². The van der Waals surface area contributed by atoms with Crippen LogP contribution in [-0.4, -0.2) is 60.9 Å². The van der Waals surface area contributed by atoms with Crippen molar-refractivity contribution < 1.29 is 0 Å². The maximum absolute atomic E-state index is 4.70. The molecule has 6 rings (SSSR count). The molecule has 0 spiro atoms. The molecule has 0 aliphatic rings. The fourth-order valence-electron chi connectivity index (χ4n) is 5.53. The summed E-state index contributed by atoms with van der Waals surface area (Å²) in [6, 6.07) is 50.1. The maximum atomic E-state index is 4.70. The van der Waals surface area contributed by atoms with Gasteiger partial charge in [-0.05, 0) is 126 Å². The molecule has 52 heavy (non-hydrogen) atoms. The zero-order valence-electron chi connectivity index (χ0n) is 30.7. The molecule has 0 saturated carbocycles. The molecule has 0 aromatic heterocycles. The molecule has 0 N–H and O–H groups in total. The molecule has 6 aromatic rings.